The molecule has 1 aromatic carbocycles. The summed E-state index contributed by atoms with van der Waals surface area (Å²) in [5.74, 6) is 1.54. The number of anilines is 4. The van der Waals surface area contributed by atoms with Crippen molar-refractivity contribution >= 4 is 59.1 Å². The summed E-state index contributed by atoms with van der Waals surface area (Å²) in [5, 5.41) is 6.95. The molecule has 3 heterocycles. The van der Waals surface area contributed by atoms with E-state index in [-0.39, 0.29) is 71.6 Å². The zero-order valence-corrected chi connectivity index (χ0v) is 28.6. The molecule has 4 rings (SSSR count). The van der Waals surface area contributed by atoms with Crippen molar-refractivity contribution in [3.8, 4) is 0 Å². The van der Waals surface area contributed by atoms with Crippen molar-refractivity contribution in [1.82, 2.24) is 19.9 Å². The number of nitrogens with zero attached hydrogens (tertiary/aromatic N) is 5. The molecular weight excluding hydrogens is 587 g/mol. The van der Waals surface area contributed by atoms with Crippen LogP contribution in [-0.4, -0.2) is 65.1 Å². The molecule has 2 aromatic heterocycles. The Hall–Kier alpha value is -0.640. The molecule has 2 N–H and O–H groups in total. The average Bonchev–Trinajstić information content (AvgIpc) is 3.29. The second-order valence-electron chi connectivity index (χ2n) is 8.31. The van der Waals surface area contributed by atoms with Crippen LogP contribution in [0.15, 0.2) is 30.5 Å². The third kappa shape index (κ3) is 10.3. The van der Waals surface area contributed by atoms with E-state index in [9.17, 15) is 19.1 Å². The molecule has 0 atom stereocenters. The van der Waals surface area contributed by atoms with Gasteiger partial charge in [-0.1, -0.05) is 35.1 Å². The van der Waals surface area contributed by atoms with E-state index < -0.39 is 7.82 Å². The zero-order chi connectivity index (χ0) is 26.6. The molecule has 198 valence electrons. The van der Waals surface area contributed by atoms with Gasteiger partial charge in [0, 0.05) is 38.8 Å². The van der Waals surface area contributed by atoms with Gasteiger partial charge in [0.1, 0.15) is 22.3 Å². The van der Waals surface area contributed by atoms with Crippen molar-refractivity contribution in [3.05, 3.63) is 51.7 Å². The summed E-state index contributed by atoms with van der Waals surface area (Å²) in [7, 11) is -4.95. The minimum atomic E-state index is -4.95. The monoisotopic (exact) mass is 611 g/mol. The van der Waals surface area contributed by atoms with Gasteiger partial charge in [0.15, 0.2) is 5.13 Å². The first-order chi connectivity index (χ1) is 17.6. The van der Waals surface area contributed by atoms with Gasteiger partial charge >= 0.3 is 59.1 Å². The standard InChI is InChI=1S/C22H27ClN7O5PS.2Na/c1-14-4-3-5-16(23)20(14)28-21(31)17-13-24-22(37-17)27-18-12-19(26-15(2)25-18)30-8-6-29(7-9-30)10-11-35-36(32,33)34;;/h3-5,12-13H,6-11H2,1-2H3,(H,28,31)(H2,32,33,34)(H,24,25,26,27);;/q;2*+1/p-2. The summed E-state index contributed by atoms with van der Waals surface area (Å²) >= 11 is 7.40. The average molecular weight is 612 g/mol. The van der Waals surface area contributed by atoms with Gasteiger partial charge in [0.25, 0.3) is 5.91 Å². The molecule has 0 aliphatic carbocycles. The third-order valence-electron chi connectivity index (χ3n) is 5.60. The molecular formula is C22H25ClN7Na2O5PS. The Morgan fingerprint density at radius 3 is 2.56 bits per heavy atom. The molecule has 1 saturated heterocycles. The number of hydrogen-bond acceptors (Lipinski definition) is 12. The van der Waals surface area contributed by atoms with Gasteiger partial charge in [-0.2, -0.15) is 0 Å². The molecule has 0 bridgehead atoms. The molecule has 12 nitrogen and oxygen atoms in total. The number of piperazine rings is 1. The largest absolute Gasteiger partial charge is 1.00 e. The Morgan fingerprint density at radius 2 is 1.90 bits per heavy atom. The smallest absolute Gasteiger partial charge is 0.790 e. The number of thiazole rings is 1. The molecule has 39 heavy (non-hydrogen) atoms. The van der Waals surface area contributed by atoms with E-state index in [0.29, 0.717) is 65.1 Å². The van der Waals surface area contributed by atoms with Gasteiger partial charge in [-0.25, -0.2) is 15.0 Å². The number of rotatable bonds is 9. The number of carbonyl (C=O) groups excluding carboxylic acids is 1. The van der Waals surface area contributed by atoms with Crippen LogP contribution in [0.2, 0.25) is 5.02 Å². The minimum absolute atomic E-state index is 0. The van der Waals surface area contributed by atoms with Crippen LogP contribution in [0.25, 0.3) is 0 Å². The zero-order valence-electron chi connectivity index (χ0n) is 22.1. The summed E-state index contributed by atoms with van der Waals surface area (Å²) in [6.45, 7) is 6.49. The van der Waals surface area contributed by atoms with Crippen LogP contribution in [0.1, 0.15) is 21.1 Å². The third-order valence-corrected chi connectivity index (χ3v) is 7.33. The van der Waals surface area contributed by atoms with Crippen molar-refractivity contribution in [2.45, 2.75) is 13.8 Å². The molecule has 1 amide bonds. The number of aryl methyl sites for hydroxylation is 2. The summed E-state index contributed by atoms with van der Waals surface area (Å²) in [6.07, 6.45) is 1.49. The quantitative estimate of drug-likeness (QED) is 0.180. The van der Waals surface area contributed by atoms with Gasteiger partial charge in [-0.05, 0) is 25.5 Å². The van der Waals surface area contributed by atoms with Crippen LogP contribution in [0.4, 0.5) is 22.5 Å². The molecule has 1 aliphatic heterocycles. The van der Waals surface area contributed by atoms with Gasteiger partial charge in [-0.15, -0.1) is 0 Å². The number of carbonyl (C=O) groups is 1. The summed E-state index contributed by atoms with van der Waals surface area (Å²) in [5.41, 5.74) is 1.43. The van der Waals surface area contributed by atoms with Crippen LogP contribution in [0.3, 0.4) is 0 Å². The molecule has 1 aliphatic rings. The van der Waals surface area contributed by atoms with E-state index in [2.05, 4.69) is 35.0 Å². The Labute approximate surface area is 279 Å². The van der Waals surface area contributed by atoms with Crippen LogP contribution >= 0.6 is 30.8 Å². The Morgan fingerprint density at radius 1 is 1.18 bits per heavy atom. The molecule has 17 heteroatoms. The van der Waals surface area contributed by atoms with E-state index in [1.54, 1.807) is 13.0 Å². The maximum absolute atomic E-state index is 12.7. The summed E-state index contributed by atoms with van der Waals surface area (Å²) < 4.78 is 14.9. The topological polar surface area (TPSA) is 159 Å². The SMILES string of the molecule is Cc1nc(Nc2ncc(C(=O)Nc3c(C)cccc3Cl)s2)cc(N2CCN(CCOP(=O)([O-])[O-])CC2)n1.[Na+].[Na+]. The maximum Gasteiger partial charge on any atom is 1.00 e. The fourth-order valence-electron chi connectivity index (χ4n) is 3.77. The number of aromatic nitrogens is 3. The Balaban J connectivity index is 0.00000267. The van der Waals surface area contributed by atoms with Crippen molar-refractivity contribution in [1.29, 1.82) is 0 Å². The molecule has 0 spiro atoms. The molecule has 0 saturated carbocycles. The van der Waals surface area contributed by atoms with E-state index in [1.807, 2.05) is 30.0 Å². The van der Waals surface area contributed by atoms with Crippen LogP contribution in [-0.2, 0) is 9.09 Å². The predicted octanol–water partition coefficient (Wildman–Crippen LogP) is -3.83. The number of nitrogens with one attached hydrogen (secondary N) is 2. The first kappa shape index (κ1) is 34.6. The number of phosphoric acid groups is 1. The summed E-state index contributed by atoms with van der Waals surface area (Å²) in [6, 6.07) is 7.22. The van der Waals surface area contributed by atoms with Crippen molar-refractivity contribution < 1.29 is 82.8 Å². The Kier molecular flexibility index (Phi) is 13.8. The molecule has 1 fully saturated rings. The molecule has 0 radical (unpaired) electrons. The number of hydrogen-bond donors (Lipinski definition) is 2. The van der Waals surface area contributed by atoms with Crippen LogP contribution in [0.5, 0.6) is 0 Å². The van der Waals surface area contributed by atoms with E-state index in [1.165, 1.54) is 17.5 Å². The fraction of sp³-hybridized carbons (Fsp3) is 0.364. The normalized spacial score (nSPS) is 13.8. The second kappa shape index (κ2) is 15.5. The number of para-hydroxylation sites is 1. The van der Waals surface area contributed by atoms with Crippen molar-refractivity contribution in [2.24, 2.45) is 0 Å². The molecule has 3 aromatic rings. The Bertz CT molecular complexity index is 1300. The number of halogens is 1. The summed E-state index contributed by atoms with van der Waals surface area (Å²) in [4.78, 5) is 51.7. The number of phosphoric ester groups is 1. The van der Waals surface area contributed by atoms with Crippen molar-refractivity contribution in [2.75, 3.05) is 54.9 Å². The number of amides is 1. The van der Waals surface area contributed by atoms with Gasteiger partial charge in [-0.3, -0.25) is 9.69 Å². The fourth-order valence-corrected chi connectivity index (χ4v) is 5.06. The van der Waals surface area contributed by atoms with Gasteiger partial charge < -0.3 is 34.4 Å². The van der Waals surface area contributed by atoms with Crippen molar-refractivity contribution in [3.63, 3.8) is 0 Å². The first-order valence-electron chi connectivity index (χ1n) is 11.4. The maximum atomic E-state index is 12.7. The molecule has 0 unspecified atom stereocenters. The number of benzene rings is 1. The van der Waals surface area contributed by atoms with Gasteiger partial charge in [0.05, 0.1) is 31.3 Å². The van der Waals surface area contributed by atoms with E-state index >= 15 is 0 Å². The van der Waals surface area contributed by atoms with E-state index in [4.69, 9.17) is 11.6 Å². The predicted molar refractivity (Wildman–Crippen MR) is 139 cm³/mol. The minimum Gasteiger partial charge on any atom is -0.790 e. The van der Waals surface area contributed by atoms with Crippen LogP contribution < -0.4 is 84.4 Å². The first-order valence-corrected chi connectivity index (χ1v) is 14.0. The van der Waals surface area contributed by atoms with Gasteiger partial charge in [0.2, 0.25) is 0 Å². The second-order valence-corrected chi connectivity index (χ2v) is 10.9. The van der Waals surface area contributed by atoms with Crippen LogP contribution in [0, 0.1) is 13.8 Å². The van der Waals surface area contributed by atoms with E-state index in [0.717, 1.165) is 11.4 Å².